The summed E-state index contributed by atoms with van der Waals surface area (Å²) in [6.07, 6.45) is 0. The molecule has 1 aromatic carbocycles. The van der Waals surface area contributed by atoms with E-state index in [9.17, 15) is 10.1 Å². The third-order valence-corrected chi connectivity index (χ3v) is 3.95. The molecular weight excluding hydrogens is 451 g/mol. The van der Waals surface area contributed by atoms with E-state index in [4.69, 9.17) is 0 Å². The van der Waals surface area contributed by atoms with E-state index < -0.39 is 4.92 Å². The highest BCUT2D eigenvalue weighted by Gasteiger charge is 2.12. The average molecular weight is 474 g/mol. The van der Waals surface area contributed by atoms with Gasteiger partial charge in [-0.3, -0.25) is 10.1 Å². The number of benzene rings is 1. The monoisotopic (exact) mass is 474 g/mol. The van der Waals surface area contributed by atoms with E-state index in [-0.39, 0.29) is 35.2 Å². The SMILES string of the molecule is CC(C)(C)NC(=NCc1ccc([N+](=O)[O-])cc1)NCc1cccs1.I. The van der Waals surface area contributed by atoms with E-state index in [1.165, 1.54) is 17.0 Å². The largest absolute Gasteiger partial charge is 0.352 e. The molecule has 0 bridgehead atoms. The van der Waals surface area contributed by atoms with Gasteiger partial charge in [0.1, 0.15) is 0 Å². The minimum absolute atomic E-state index is 0. The molecule has 0 saturated carbocycles. The molecular formula is C17H23IN4O2S. The van der Waals surface area contributed by atoms with Crippen molar-refractivity contribution in [3.63, 3.8) is 0 Å². The molecule has 2 aromatic rings. The Morgan fingerprint density at radius 2 is 1.92 bits per heavy atom. The highest BCUT2D eigenvalue weighted by Crippen LogP contribution is 2.13. The Morgan fingerprint density at radius 3 is 2.44 bits per heavy atom. The first kappa shape index (κ1) is 21.4. The van der Waals surface area contributed by atoms with Crippen LogP contribution in [0.25, 0.3) is 0 Å². The summed E-state index contributed by atoms with van der Waals surface area (Å²) in [6.45, 7) is 7.37. The molecule has 0 atom stereocenters. The summed E-state index contributed by atoms with van der Waals surface area (Å²) in [5, 5.41) is 19.4. The van der Waals surface area contributed by atoms with Gasteiger partial charge in [-0.05, 0) is 37.8 Å². The van der Waals surface area contributed by atoms with Crippen molar-refractivity contribution in [1.29, 1.82) is 0 Å². The lowest BCUT2D eigenvalue weighted by molar-refractivity contribution is -0.384. The highest BCUT2D eigenvalue weighted by molar-refractivity contribution is 14.0. The zero-order chi connectivity index (χ0) is 17.6. The summed E-state index contributed by atoms with van der Waals surface area (Å²) in [5.41, 5.74) is 0.898. The maximum Gasteiger partial charge on any atom is 0.269 e. The number of nitrogens with zero attached hydrogens (tertiary/aromatic N) is 2. The van der Waals surface area contributed by atoms with Crippen LogP contribution in [0.3, 0.4) is 0 Å². The van der Waals surface area contributed by atoms with Crippen LogP contribution >= 0.6 is 35.3 Å². The van der Waals surface area contributed by atoms with Crippen molar-refractivity contribution < 1.29 is 4.92 Å². The van der Waals surface area contributed by atoms with Crippen LogP contribution in [0.2, 0.25) is 0 Å². The third-order valence-electron chi connectivity index (χ3n) is 3.07. The molecule has 0 radical (unpaired) electrons. The number of guanidine groups is 1. The van der Waals surface area contributed by atoms with Crippen LogP contribution in [-0.4, -0.2) is 16.4 Å². The molecule has 0 saturated heterocycles. The van der Waals surface area contributed by atoms with Crippen LogP contribution in [0, 0.1) is 10.1 Å². The fourth-order valence-corrected chi connectivity index (χ4v) is 2.62. The van der Waals surface area contributed by atoms with Crippen molar-refractivity contribution >= 4 is 47.0 Å². The molecule has 2 rings (SSSR count). The zero-order valence-corrected chi connectivity index (χ0v) is 17.6. The van der Waals surface area contributed by atoms with Gasteiger partial charge < -0.3 is 10.6 Å². The highest BCUT2D eigenvalue weighted by atomic mass is 127. The van der Waals surface area contributed by atoms with Crippen LogP contribution in [0.4, 0.5) is 5.69 Å². The number of rotatable bonds is 5. The summed E-state index contributed by atoms with van der Waals surface area (Å²) < 4.78 is 0. The first-order chi connectivity index (χ1) is 11.3. The number of hydrogen-bond acceptors (Lipinski definition) is 4. The average Bonchev–Trinajstić information content (AvgIpc) is 3.02. The minimum Gasteiger partial charge on any atom is -0.352 e. The number of nitro benzene ring substituents is 1. The first-order valence-corrected chi connectivity index (χ1v) is 8.54. The van der Waals surface area contributed by atoms with Gasteiger partial charge in [-0.1, -0.05) is 18.2 Å². The Morgan fingerprint density at radius 1 is 1.24 bits per heavy atom. The molecule has 1 heterocycles. The molecule has 0 fully saturated rings. The number of aliphatic imine (C=N–C) groups is 1. The minimum atomic E-state index is -0.401. The molecule has 0 amide bonds. The molecule has 0 aliphatic carbocycles. The lowest BCUT2D eigenvalue weighted by Crippen LogP contribution is -2.47. The lowest BCUT2D eigenvalue weighted by atomic mass is 10.1. The van der Waals surface area contributed by atoms with E-state index in [1.807, 2.05) is 11.4 Å². The van der Waals surface area contributed by atoms with Crippen molar-refractivity contribution in [2.24, 2.45) is 4.99 Å². The second kappa shape index (κ2) is 9.71. The molecule has 6 nitrogen and oxygen atoms in total. The molecule has 0 unspecified atom stereocenters. The molecule has 0 spiro atoms. The number of hydrogen-bond donors (Lipinski definition) is 2. The molecule has 8 heteroatoms. The molecule has 1 aromatic heterocycles. The van der Waals surface area contributed by atoms with E-state index in [2.05, 4.69) is 42.5 Å². The Kier molecular flexibility index (Phi) is 8.30. The standard InChI is InChI=1S/C17H22N4O2S.HI/c1-17(2,3)20-16(19-12-15-5-4-10-24-15)18-11-13-6-8-14(9-7-13)21(22)23;/h4-10H,11-12H2,1-3H3,(H2,18,19,20);1H. The van der Waals surface area contributed by atoms with E-state index in [0.717, 1.165) is 5.56 Å². The molecule has 0 aliphatic heterocycles. The van der Waals surface area contributed by atoms with Crippen LogP contribution in [0.15, 0.2) is 46.8 Å². The van der Waals surface area contributed by atoms with Gasteiger partial charge in [-0.25, -0.2) is 4.99 Å². The summed E-state index contributed by atoms with van der Waals surface area (Å²) in [7, 11) is 0. The van der Waals surface area contributed by atoms with Crippen LogP contribution in [0.5, 0.6) is 0 Å². The lowest BCUT2D eigenvalue weighted by Gasteiger charge is -2.24. The van der Waals surface area contributed by atoms with Gasteiger partial charge >= 0.3 is 0 Å². The van der Waals surface area contributed by atoms with Crippen molar-refractivity contribution in [1.82, 2.24) is 10.6 Å². The number of nitro groups is 1. The second-order valence-electron chi connectivity index (χ2n) is 6.40. The first-order valence-electron chi connectivity index (χ1n) is 7.66. The number of halogens is 1. The molecule has 0 aliphatic rings. The fraction of sp³-hybridized carbons (Fsp3) is 0.353. The number of nitrogens with one attached hydrogen (secondary N) is 2. The topological polar surface area (TPSA) is 79.6 Å². The summed E-state index contributed by atoms with van der Waals surface area (Å²) >= 11 is 1.69. The zero-order valence-electron chi connectivity index (χ0n) is 14.5. The van der Waals surface area contributed by atoms with Gasteiger partial charge in [0.15, 0.2) is 5.96 Å². The maximum atomic E-state index is 10.7. The van der Waals surface area contributed by atoms with Crippen molar-refractivity contribution in [2.45, 2.75) is 39.4 Å². The predicted octanol–water partition coefficient (Wildman–Crippen LogP) is 4.31. The summed E-state index contributed by atoms with van der Waals surface area (Å²) in [5.74, 6) is 0.717. The van der Waals surface area contributed by atoms with E-state index in [1.54, 1.807) is 23.5 Å². The quantitative estimate of drug-likeness (QED) is 0.223. The Labute approximate surface area is 168 Å². The Bertz CT molecular complexity index is 694. The van der Waals surface area contributed by atoms with Gasteiger partial charge in [0.25, 0.3) is 5.69 Å². The van der Waals surface area contributed by atoms with Crippen LogP contribution < -0.4 is 10.6 Å². The van der Waals surface area contributed by atoms with Crippen LogP contribution in [-0.2, 0) is 13.1 Å². The fourth-order valence-electron chi connectivity index (χ4n) is 1.97. The van der Waals surface area contributed by atoms with Gasteiger partial charge in [0.05, 0.1) is 18.0 Å². The Hall–Kier alpha value is -1.68. The van der Waals surface area contributed by atoms with Gasteiger partial charge in [0, 0.05) is 22.5 Å². The summed E-state index contributed by atoms with van der Waals surface area (Å²) in [6, 6.07) is 10.6. The predicted molar refractivity (Wildman–Crippen MR) is 114 cm³/mol. The number of non-ortho nitro benzene ring substituents is 1. The van der Waals surface area contributed by atoms with Crippen LogP contribution in [0.1, 0.15) is 31.2 Å². The van der Waals surface area contributed by atoms with E-state index in [0.29, 0.717) is 19.0 Å². The smallest absolute Gasteiger partial charge is 0.269 e. The Balaban J connectivity index is 0.00000312. The van der Waals surface area contributed by atoms with Gasteiger partial charge in [-0.2, -0.15) is 0 Å². The van der Waals surface area contributed by atoms with Crippen molar-refractivity contribution in [3.8, 4) is 0 Å². The van der Waals surface area contributed by atoms with E-state index >= 15 is 0 Å². The summed E-state index contributed by atoms with van der Waals surface area (Å²) in [4.78, 5) is 16.1. The van der Waals surface area contributed by atoms with Crippen molar-refractivity contribution in [2.75, 3.05) is 0 Å². The normalized spacial score (nSPS) is 11.6. The maximum absolute atomic E-state index is 10.7. The number of thiophene rings is 1. The third kappa shape index (κ3) is 7.82. The van der Waals surface area contributed by atoms with Gasteiger partial charge in [0.2, 0.25) is 0 Å². The van der Waals surface area contributed by atoms with Gasteiger partial charge in [-0.15, -0.1) is 35.3 Å². The molecule has 136 valence electrons. The second-order valence-corrected chi connectivity index (χ2v) is 7.43. The molecule has 2 N–H and O–H groups in total. The molecule has 25 heavy (non-hydrogen) atoms. The van der Waals surface area contributed by atoms with Crippen molar-refractivity contribution in [3.05, 3.63) is 62.3 Å².